The number of amides is 1. The quantitative estimate of drug-likeness (QED) is 0.899. The van der Waals surface area contributed by atoms with Crippen LogP contribution in [-0.4, -0.2) is 29.9 Å². The molecule has 108 valence electrons. The third kappa shape index (κ3) is 3.28. The van der Waals surface area contributed by atoms with Gasteiger partial charge in [-0.25, -0.2) is 0 Å². The second-order valence-electron chi connectivity index (χ2n) is 6.47. The van der Waals surface area contributed by atoms with E-state index in [0.29, 0.717) is 6.54 Å². The molecule has 1 aromatic rings. The van der Waals surface area contributed by atoms with E-state index in [0.717, 1.165) is 13.0 Å². The Morgan fingerprint density at radius 3 is 2.40 bits per heavy atom. The minimum atomic E-state index is -0.436. The molecule has 0 saturated carbocycles. The Morgan fingerprint density at radius 1 is 1.25 bits per heavy atom. The molecular weight excluding hydrogens is 248 g/mol. The first kappa shape index (κ1) is 14.8. The second kappa shape index (κ2) is 5.80. The molecule has 1 amide bonds. The summed E-state index contributed by atoms with van der Waals surface area (Å²) in [6.45, 7) is 7.43. The second-order valence-corrected chi connectivity index (χ2v) is 6.47. The summed E-state index contributed by atoms with van der Waals surface area (Å²) < 4.78 is 0. The highest BCUT2D eigenvalue weighted by Gasteiger charge is 2.31. The molecule has 0 aromatic heterocycles. The first-order valence-electron chi connectivity index (χ1n) is 7.18. The predicted octanol–water partition coefficient (Wildman–Crippen LogP) is 2.68. The number of carbonyl (C=O) groups excluding carboxylic acids is 1. The Kier molecular flexibility index (Phi) is 4.29. The van der Waals surface area contributed by atoms with Gasteiger partial charge in [-0.05, 0) is 23.0 Å². The smallest absolute Gasteiger partial charge is 0.240 e. The van der Waals surface area contributed by atoms with E-state index in [1.54, 1.807) is 0 Å². The molecule has 0 fully saturated rings. The molecule has 3 heteroatoms. The molecule has 0 radical (unpaired) electrons. The van der Waals surface area contributed by atoms with E-state index in [9.17, 15) is 4.79 Å². The van der Waals surface area contributed by atoms with E-state index < -0.39 is 6.04 Å². The van der Waals surface area contributed by atoms with E-state index in [1.807, 2.05) is 43.9 Å². The Bertz CT molecular complexity index is 499. The number of nitrogens with zero attached hydrogens (tertiary/aromatic N) is 1. The van der Waals surface area contributed by atoms with Gasteiger partial charge in [0.2, 0.25) is 5.91 Å². The monoisotopic (exact) mass is 272 g/mol. The summed E-state index contributed by atoms with van der Waals surface area (Å²) in [6, 6.07) is 9.90. The third-order valence-electron chi connectivity index (χ3n) is 3.86. The SMILES string of the molecule is CC(C)(C)[C@@H](N)C(=O)N1CC=C(c2ccccc2)CC1. The molecule has 3 nitrogen and oxygen atoms in total. The summed E-state index contributed by atoms with van der Waals surface area (Å²) in [7, 11) is 0. The Morgan fingerprint density at radius 2 is 1.90 bits per heavy atom. The van der Waals surface area contributed by atoms with Crippen LogP contribution in [0.4, 0.5) is 0 Å². The van der Waals surface area contributed by atoms with Crippen LogP contribution in [-0.2, 0) is 4.79 Å². The van der Waals surface area contributed by atoms with Crippen LogP contribution in [0.2, 0.25) is 0 Å². The van der Waals surface area contributed by atoms with Gasteiger partial charge >= 0.3 is 0 Å². The summed E-state index contributed by atoms with van der Waals surface area (Å²) in [6.07, 6.45) is 3.04. The maximum Gasteiger partial charge on any atom is 0.240 e. The van der Waals surface area contributed by atoms with Crippen molar-refractivity contribution in [2.75, 3.05) is 13.1 Å². The summed E-state index contributed by atoms with van der Waals surface area (Å²) in [5.74, 6) is 0.0564. The van der Waals surface area contributed by atoms with Gasteiger partial charge in [0.15, 0.2) is 0 Å². The van der Waals surface area contributed by atoms with Crippen LogP contribution in [0.15, 0.2) is 36.4 Å². The van der Waals surface area contributed by atoms with Gasteiger partial charge in [0.25, 0.3) is 0 Å². The molecule has 2 N–H and O–H groups in total. The highest BCUT2D eigenvalue weighted by molar-refractivity contribution is 5.83. The Labute approximate surface area is 121 Å². The van der Waals surface area contributed by atoms with Crippen molar-refractivity contribution in [3.63, 3.8) is 0 Å². The van der Waals surface area contributed by atoms with Gasteiger partial charge in [-0.15, -0.1) is 0 Å². The molecule has 0 bridgehead atoms. The van der Waals surface area contributed by atoms with Crippen molar-refractivity contribution < 1.29 is 4.79 Å². The Hall–Kier alpha value is -1.61. The number of rotatable bonds is 2. The number of benzene rings is 1. The van der Waals surface area contributed by atoms with Crippen molar-refractivity contribution in [1.82, 2.24) is 4.90 Å². The average Bonchev–Trinajstić information content (AvgIpc) is 2.46. The molecule has 1 aliphatic rings. The summed E-state index contributed by atoms with van der Waals surface area (Å²) in [4.78, 5) is 14.2. The van der Waals surface area contributed by atoms with Gasteiger partial charge in [0, 0.05) is 13.1 Å². The molecule has 0 unspecified atom stereocenters. The first-order chi connectivity index (χ1) is 9.39. The zero-order chi connectivity index (χ0) is 14.8. The van der Waals surface area contributed by atoms with E-state index in [-0.39, 0.29) is 11.3 Å². The number of nitrogens with two attached hydrogens (primary N) is 1. The molecule has 1 heterocycles. The van der Waals surface area contributed by atoms with Gasteiger partial charge in [-0.2, -0.15) is 0 Å². The number of hydrogen-bond acceptors (Lipinski definition) is 2. The van der Waals surface area contributed by atoms with Crippen LogP contribution in [0.1, 0.15) is 32.8 Å². The molecule has 1 aliphatic heterocycles. The van der Waals surface area contributed by atoms with Gasteiger partial charge in [-0.1, -0.05) is 57.2 Å². The van der Waals surface area contributed by atoms with Crippen LogP contribution >= 0.6 is 0 Å². The van der Waals surface area contributed by atoms with Crippen molar-refractivity contribution in [2.24, 2.45) is 11.1 Å². The summed E-state index contributed by atoms with van der Waals surface area (Å²) in [5, 5.41) is 0. The topological polar surface area (TPSA) is 46.3 Å². The fourth-order valence-corrected chi connectivity index (χ4v) is 2.35. The van der Waals surface area contributed by atoms with Crippen molar-refractivity contribution in [3.05, 3.63) is 42.0 Å². The number of hydrogen-bond donors (Lipinski definition) is 1. The predicted molar refractivity (Wildman–Crippen MR) is 83.0 cm³/mol. The lowest BCUT2D eigenvalue weighted by molar-refractivity contribution is -0.134. The lowest BCUT2D eigenvalue weighted by Crippen LogP contribution is -2.51. The van der Waals surface area contributed by atoms with Crippen LogP contribution in [0.3, 0.4) is 0 Å². The van der Waals surface area contributed by atoms with E-state index in [4.69, 9.17) is 5.73 Å². The maximum absolute atomic E-state index is 12.4. The fraction of sp³-hybridized carbons (Fsp3) is 0.471. The van der Waals surface area contributed by atoms with Crippen LogP contribution < -0.4 is 5.73 Å². The molecule has 0 spiro atoms. The zero-order valence-corrected chi connectivity index (χ0v) is 12.6. The van der Waals surface area contributed by atoms with Crippen molar-refractivity contribution in [3.8, 4) is 0 Å². The highest BCUT2D eigenvalue weighted by atomic mass is 16.2. The summed E-state index contributed by atoms with van der Waals surface area (Å²) >= 11 is 0. The molecule has 1 aromatic carbocycles. The van der Waals surface area contributed by atoms with Gasteiger partial charge < -0.3 is 10.6 Å². The normalized spacial score (nSPS) is 17.6. The largest absolute Gasteiger partial charge is 0.337 e. The summed E-state index contributed by atoms with van der Waals surface area (Å²) in [5.41, 5.74) is 8.43. The molecule has 20 heavy (non-hydrogen) atoms. The molecule has 0 saturated heterocycles. The molecule has 2 rings (SSSR count). The van der Waals surface area contributed by atoms with Gasteiger partial charge in [0.1, 0.15) is 0 Å². The van der Waals surface area contributed by atoms with Crippen LogP contribution in [0.5, 0.6) is 0 Å². The third-order valence-corrected chi connectivity index (χ3v) is 3.86. The van der Waals surface area contributed by atoms with Crippen molar-refractivity contribution in [1.29, 1.82) is 0 Å². The van der Waals surface area contributed by atoms with Crippen LogP contribution in [0, 0.1) is 5.41 Å². The minimum absolute atomic E-state index is 0.0564. The van der Waals surface area contributed by atoms with Crippen molar-refractivity contribution >= 4 is 11.5 Å². The van der Waals surface area contributed by atoms with Crippen LogP contribution in [0.25, 0.3) is 5.57 Å². The lowest BCUT2D eigenvalue weighted by atomic mass is 9.86. The van der Waals surface area contributed by atoms with E-state index in [1.165, 1.54) is 11.1 Å². The van der Waals surface area contributed by atoms with Gasteiger partial charge in [-0.3, -0.25) is 4.79 Å². The standard InChI is InChI=1S/C17H24N2O/c1-17(2,3)15(18)16(20)19-11-9-14(10-12-19)13-7-5-4-6-8-13/h4-9,15H,10-12,18H2,1-3H3/t15-/m0/s1. The molecular formula is C17H24N2O. The van der Waals surface area contributed by atoms with Crippen molar-refractivity contribution in [2.45, 2.75) is 33.2 Å². The average molecular weight is 272 g/mol. The molecule has 0 aliphatic carbocycles. The van der Waals surface area contributed by atoms with E-state index in [2.05, 4.69) is 18.2 Å². The first-order valence-corrected chi connectivity index (χ1v) is 7.18. The number of carbonyl (C=O) groups is 1. The minimum Gasteiger partial charge on any atom is -0.337 e. The Balaban J connectivity index is 2.04. The fourth-order valence-electron chi connectivity index (χ4n) is 2.35. The van der Waals surface area contributed by atoms with E-state index >= 15 is 0 Å². The maximum atomic E-state index is 12.4. The highest BCUT2D eigenvalue weighted by Crippen LogP contribution is 2.24. The molecule has 1 atom stereocenters. The zero-order valence-electron chi connectivity index (χ0n) is 12.6. The van der Waals surface area contributed by atoms with Gasteiger partial charge in [0.05, 0.1) is 6.04 Å². The lowest BCUT2D eigenvalue weighted by Gasteiger charge is -2.33.